The monoisotopic (exact) mass is 178 g/mol. The Hall–Kier alpha value is -0.750. The fourth-order valence-electron chi connectivity index (χ4n) is 3.84. The molecule has 0 amide bonds. The van der Waals surface area contributed by atoms with Crippen LogP contribution in [0, 0.1) is 29.2 Å². The molecule has 3 aliphatic rings. The first-order chi connectivity index (χ1) is 6.35. The van der Waals surface area contributed by atoms with Crippen LogP contribution in [-0.4, -0.2) is 30.7 Å². The van der Waals surface area contributed by atoms with Crippen LogP contribution in [0.15, 0.2) is 0 Å². The van der Waals surface area contributed by atoms with Gasteiger partial charge in [-0.3, -0.25) is 0 Å². The minimum Gasteiger partial charge on any atom is -0.379 e. The SMILES string of the molecule is COC1C2CC3CN(C#N)C1C3C2. The van der Waals surface area contributed by atoms with Gasteiger partial charge in [-0.1, -0.05) is 0 Å². The van der Waals surface area contributed by atoms with Crippen molar-refractivity contribution in [1.82, 2.24) is 4.90 Å². The summed E-state index contributed by atoms with van der Waals surface area (Å²) < 4.78 is 5.51. The summed E-state index contributed by atoms with van der Waals surface area (Å²) in [7, 11) is 1.79. The maximum Gasteiger partial charge on any atom is 0.179 e. The van der Waals surface area contributed by atoms with Crippen molar-refractivity contribution in [2.75, 3.05) is 13.7 Å². The Bertz CT molecular complexity index is 271. The van der Waals surface area contributed by atoms with Crippen LogP contribution in [-0.2, 0) is 4.74 Å². The molecule has 3 fully saturated rings. The zero-order valence-corrected chi connectivity index (χ0v) is 7.81. The zero-order valence-electron chi connectivity index (χ0n) is 7.81. The zero-order chi connectivity index (χ0) is 9.00. The van der Waals surface area contributed by atoms with E-state index in [-0.39, 0.29) is 0 Å². The summed E-state index contributed by atoms with van der Waals surface area (Å²) in [4.78, 5) is 1.95. The first kappa shape index (κ1) is 7.64. The number of ether oxygens (including phenoxy) is 1. The molecule has 2 aliphatic carbocycles. The van der Waals surface area contributed by atoms with Crippen LogP contribution in [0.25, 0.3) is 0 Å². The molecular weight excluding hydrogens is 164 g/mol. The summed E-state index contributed by atoms with van der Waals surface area (Å²) in [6, 6.07) is 0.416. The molecule has 0 N–H and O–H groups in total. The molecule has 5 atom stereocenters. The van der Waals surface area contributed by atoms with Crippen LogP contribution >= 0.6 is 0 Å². The minimum absolute atomic E-state index is 0.336. The van der Waals surface area contributed by atoms with Crippen molar-refractivity contribution in [1.29, 1.82) is 5.26 Å². The van der Waals surface area contributed by atoms with E-state index in [0.717, 1.165) is 24.3 Å². The number of nitriles is 1. The van der Waals surface area contributed by atoms with Crippen molar-refractivity contribution < 1.29 is 4.74 Å². The normalized spacial score (nSPS) is 51.4. The summed E-state index contributed by atoms with van der Waals surface area (Å²) >= 11 is 0. The van der Waals surface area contributed by atoms with Gasteiger partial charge < -0.3 is 9.64 Å². The summed E-state index contributed by atoms with van der Waals surface area (Å²) in [6.45, 7) is 0.988. The fraction of sp³-hybridized carbons (Fsp3) is 0.900. The van der Waals surface area contributed by atoms with Gasteiger partial charge in [0.2, 0.25) is 0 Å². The van der Waals surface area contributed by atoms with Crippen molar-refractivity contribution in [2.24, 2.45) is 17.8 Å². The second-order valence-electron chi connectivity index (χ2n) is 4.60. The largest absolute Gasteiger partial charge is 0.379 e. The number of likely N-dealkylation sites (tertiary alicyclic amines) is 1. The van der Waals surface area contributed by atoms with Crippen molar-refractivity contribution in [3.63, 3.8) is 0 Å². The van der Waals surface area contributed by atoms with Crippen LogP contribution in [0.2, 0.25) is 0 Å². The van der Waals surface area contributed by atoms with Crippen LogP contribution in [0.5, 0.6) is 0 Å². The van der Waals surface area contributed by atoms with Gasteiger partial charge in [-0.05, 0) is 30.6 Å². The van der Waals surface area contributed by atoms with E-state index in [1.165, 1.54) is 12.8 Å². The van der Waals surface area contributed by atoms with Gasteiger partial charge in [-0.25, -0.2) is 0 Å². The molecule has 0 radical (unpaired) electrons. The number of rotatable bonds is 1. The molecule has 0 spiro atoms. The summed E-state index contributed by atoms with van der Waals surface area (Å²) in [5, 5.41) is 8.98. The Balaban J connectivity index is 1.94. The van der Waals surface area contributed by atoms with Crippen LogP contribution in [0.4, 0.5) is 0 Å². The van der Waals surface area contributed by atoms with Gasteiger partial charge >= 0.3 is 0 Å². The molecule has 2 saturated carbocycles. The third kappa shape index (κ3) is 0.775. The topological polar surface area (TPSA) is 36.3 Å². The van der Waals surface area contributed by atoms with Gasteiger partial charge in [0, 0.05) is 13.7 Å². The second kappa shape index (κ2) is 2.39. The molecule has 3 nitrogen and oxygen atoms in total. The molecule has 1 aliphatic heterocycles. The molecule has 2 bridgehead atoms. The number of hydrogen-bond donors (Lipinski definition) is 0. The van der Waals surface area contributed by atoms with E-state index in [2.05, 4.69) is 6.19 Å². The molecule has 13 heavy (non-hydrogen) atoms. The van der Waals surface area contributed by atoms with E-state index in [4.69, 9.17) is 10.00 Å². The fourth-order valence-corrected chi connectivity index (χ4v) is 3.84. The number of hydrogen-bond acceptors (Lipinski definition) is 3. The van der Waals surface area contributed by atoms with Gasteiger partial charge in [-0.2, -0.15) is 5.26 Å². The molecule has 1 heterocycles. The summed E-state index contributed by atoms with van der Waals surface area (Å²) in [5.74, 6) is 2.29. The van der Waals surface area contributed by atoms with Gasteiger partial charge in [0.25, 0.3) is 0 Å². The number of methoxy groups -OCH3 is 1. The van der Waals surface area contributed by atoms with Crippen molar-refractivity contribution in [3.8, 4) is 6.19 Å². The Morgan fingerprint density at radius 1 is 1.38 bits per heavy atom. The highest BCUT2D eigenvalue weighted by molar-refractivity contribution is 5.13. The Kier molecular flexibility index (Phi) is 1.40. The average molecular weight is 178 g/mol. The third-order valence-electron chi connectivity index (χ3n) is 4.22. The lowest BCUT2D eigenvalue weighted by Gasteiger charge is -2.28. The van der Waals surface area contributed by atoms with Gasteiger partial charge in [0.1, 0.15) is 0 Å². The van der Waals surface area contributed by atoms with E-state index < -0.39 is 0 Å². The standard InChI is InChI=1S/C10H14N2O/c1-13-10-6-2-7-4-12(5-11)9(10)8(7)3-6/h6-10H,2-4H2,1H3. The number of fused-ring (bicyclic) bond motifs is 1. The first-order valence-electron chi connectivity index (χ1n) is 5.04. The number of nitrogens with zero attached hydrogens (tertiary/aromatic N) is 2. The summed E-state index contributed by atoms with van der Waals surface area (Å²) in [5.41, 5.74) is 0. The molecule has 1 saturated heterocycles. The van der Waals surface area contributed by atoms with Gasteiger partial charge in [0.15, 0.2) is 6.19 Å². The Morgan fingerprint density at radius 3 is 2.92 bits per heavy atom. The third-order valence-corrected chi connectivity index (χ3v) is 4.22. The van der Waals surface area contributed by atoms with Crippen molar-refractivity contribution in [2.45, 2.75) is 25.0 Å². The molecule has 3 heteroatoms. The minimum atomic E-state index is 0.336. The quantitative estimate of drug-likeness (QED) is 0.558. The second-order valence-corrected chi connectivity index (χ2v) is 4.60. The van der Waals surface area contributed by atoms with E-state index in [0.29, 0.717) is 12.1 Å². The maximum atomic E-state index is 8.98. The van der Waals surface area contributed by atoms with Gasteiger partial charge in [-0.15, -0.1) is 0 Å². The predicted octanol–water partition coefficient (Wildman–Crippen LogP) is 0.823. The van der Waals surface area contributed by atoms with E-state index >= 15 is 0 Å². The maximum absolute atomic E-state index is 8.98. The lowest BCUT2D eigenvalue weighted by molar-refractivity contribution is 0.0221. The first-order valence-corrected chi connectivity index (χ1v) is 5.04. The molecular formula is C10H14N2O. The van der Waals surface area contributed by atoms with Crippen LogP contribution in [0.1, 0.15) is 12.8 Å². The van der Waals surface area contributed by atoms with E-state index in [1.807, 2.05) is 4.90 Å². The molecule has 0 aromatic heterocycles. The van der Waals surface area contributed by atoms with Crippen molar-refractivity contribution in [3.05, 3.63) is 0 Å². The predicted molar refractivity (Wildman–Crippen MR) is 46.6 cm³/mol. The lowest BCUT2D eigenvalue weighted by atomic mass is 9.88. The molecule has 3 rings (SSSR count). The smallest absolute Gasteiger partial charge is 0.179 e. The molecule has 0 aromatic carbocycles. The highest BCUT2D eigenvalue weighted by Crippen LogP contribution is 2.55. The van der Waals surface area contributed by atoms with Crippen molar-refractivity contribution >= 4 is 0 Å². The lowest BCUT2D eigenvalue weighted by Crippen LogP contribution is -2.39. The van der Waals surface area contributed by atoms with E-state index in [1.54, 1.807) is 7.11 Å². The highest BCUT2D eigenvalue weighted by Gasteiger charge is 2.59. The summed E-state index contributed by atoms with van der Waals surface area (Å²) in [6.07, 6.45) is 5.23. The van der Waals surface area contributed by atoms with Gasteiger partial charge in [0.05, 0.1) is 12.1 Å². The molecule has 0 aromatic rings. The highest BCUT2D eigenvalue weighted by atomic mass is 16.5. The molecule has 70 valence electrons. The molecule has 5 unspecified atom stereocenters. The Morgan fingerprint density at radius 2 is 2.23 bits per heavy atom. The Labute approximate surface area is 78.3 Å². The van der Waals surface area contributed by atoms with Crippen LogP contribution < -0.4 is 0 Å². The average Bonchev–Trinajstić information content (AvgIpc) is 2.71. The van der Waals surface area contributed by atoms with E-state index in [9.17, 15) is 0 Å². The van der Waals surface area contributed by atoms with Crippen LogP contribution in [0.3, 0.4) is 0 Å².